The summed E-state index contributed by atoms with van der Waals surface area (Å²) >= 11 is 0. The molecule has 0 amide bonds. The molecule has 11 aromatic carbocycles. The van der Waals surface area contributed by atoms with Crippen LogP contribution in [0, 0.1) is 0 Å². The van der Waals surface area contributed by atoms with E-state index in [9.17, 15) is 0 Å². The maximum Gasteiger partial charge on any atom is 0.0684 e. The van der Waals surface area contributed by atoms with Crippen molar-refractivity contribution in [1.29, 1.82) is 0 Å². The average molecular weight is 963 g/mol. The zero-order valence-corrected chi connectivity index (χ0v) is 41.6. The van der Waals surface area contributed by atoms with E-state index >= 15 is 0 Å². The van der Waals surface area contributed by atoms with Gasteiger partial charge in [0.1, 0.15) is 0 Å². The van der Waals surface area contributed by atoms with Crippen LogP contribution in [0.3, 0.4) is 0 Å². The lowest BCUT2D eigenvalue weighted by Crippen LogP contribution is -2.15. The lowest BCUT2D eigenvalue weighted by atomic mass is 10.0. The van der Waals surface area contributed by atoms with Gasteiger partial charge in [-0.15, -0.1) is 0 Å². The molecule has 4 nitrogen and oxygen atoms in total. The van der Waals surface area contributed by atoms with Crippen molar-refractivity contribution in [1.82, 2.24) is 0 Å². The van der Waals surface area contributed by atoms with E-state index in [2.05, 4.69) is 311 Å². The summed E-state index contributed by atoms with van der Waals surface area (Å²) in [5, 5.41) is 10.1. The SMILES string of the molecule is c1ccc(-c2cccc(Nc3ccccc3N(Pc3ccc(PN(c4cccc(-c5ccccc5)c4)c4ccccc4Nc4cccc(-c5ccccc5)c4)cc3)c3cccc(-c4ccccc4)c3)c2)cc1. The molecule has 2 N–H and O–H groups in total. The predicted octanol–water partition coefficient (Wildman–Crippen LogP) is 18.0. The van der Waals surface area contributed by atoms with Crippen LogP contribution in [0.25, 0.3) is 44.5 Å². The van der Waals surface area contributed by atoms with Crippen LogP contribution in [0.15, 0.2) is 291 Å². The molecule has 11 rings (SSSR count). The third-order valence-electron chi connectivity index (χ3n) is 12.6. The Kier molecular flexibility index (Phi) is 14.1. The minimum absolute atomic E-state index is 0.300. The number of hydrogen-bond donors (Lipinski definition) is 2. The summed E-state index contributed by atoms with van der Waals surface area (Å²) < 4.78 is 4.92. The van der Waals surface area contributed by atoms with E-state index in [1.807, 2.05) is 0 Å². The fourth-order valence-corrected chi connectivity index (χ4v) is 11.3. The van der Waals surface area contributed by atoms with E-state index in [1.165, 1.54) is 55.1 Å². The lowest BCUT2D eigenvalue weighted by molar-refractivity contribution is 1.41. The normalized spacial score (nSPS) is 11.2. The van der Waals surface area contributed by atoms with Gasteiger partial charge in [0.15, 0.2) is 0 Å². The Labute approximate surface area is 427 Å². The first-order valence-electron chi connectivity index (χ1n) is 24.2. The van der Waals surface area contributed by atoms with Crippen LogP contribution in [0.2, 0.25) is 0 Å². The van der Waals surface area contributed by atoms with Gasteiger partial charge in [-0.25, -0.2) is 0 Å². The minimum atomic E-state index is 0.300. The highest BCUT2D eigenvalue weighted by molar-refractivity contribution is 7.50. The molecule has 0 radical (unpaired) electrons. The second-order valence-electron chi connectivity index (χ2n) is 17.5. The quantitative estimate of drug-likeness (QED) is 0.0945. The van der Waals surface area contributed by atoms with Crippen molar-refractivity contribution in [3.05, 3.63) is 291 Å². The highest BCUT2D eigenvalue weighted by Crippen LogP contribution is 2.45. The van der Waals surface area contributed by atoms with Gasteiger partial charge in [0.05, 0.1) is 22.7 Å². The van der Waals surface area contributed by atoms with Gasteiger partial charge in [0, 0.05) is 40.2 Å². The molecule has 11 aromatic rings. The molecule has 0 aliphatic heterocycles. The third-order valence-corrected chi connectivity index (χ3v) is 15.2. The van der Waals surface area contributed by atoms with Gasteiger partial charge in [-0.3, -0.25) is 0 Å². The maximum absolute atomic E-state index is 3.82. The van der Waals surface area contributed by atoms with Crippen LogP contribution in [-0.2, 0) is 0 Å². The summed E-state index contributed by atoms with van der Waals surface area (Å²) in [5.74, 6) is 0. The molecule has 0 bridgehead atoms. The number of nitrogens with zero attached hydrogens (tertiary/aromatic N) is 2. The number of benzene rings is 11. The Morgan fingerprint density at radius 1 is 0.236 bits per heavy atom. The first-order valence-corrected chi connectivity index (χ1v) is 26.1. The molecule has 6 heteroatoms. The van der Waals surface area contributed by atoms with Crippen molar-refractivity contribution < 1.29 is 0 Å². The van der Waals surface area contributed by atoms with Crippen molar-refractivity contribution in [2.75, 3.05) is 20.0 Å². The summed E-state index contributed by atoms with van der Waals surface area (Å²) in [6.07, 6.45) is 0. The fourth-order valence-electron chi connectivity index (χ4n) is 8.99. The lowest BCUT2D eigenvalue weighted by Gasteiger charge is -2.29. The van der Waals surface area contributed by atoms with E-state index in [0.717, 1.165) is 45.5 Å². The first-order chi connectivity index (χ1) is 35.7. The van der Waals surface area contributed by atoms with E-state index in [4.69, 9.17) is 0 Å². The molecule has 0 saturated heterocycles. The van der Waals surface area contributed by atoms with Gasteiger partial charge < -0.3 is 20.0 Å². The molecule has 0 spiro atoms. The van der Waals surface area contributed by atoms with Crippen molar-refractivity contribution in [3.8, 4) is 44.5 Å². The summed E-state index contributed by atoms with van der Waals surface area (Å²) in [4.78, 5) is 0. The second kappa shape index (κ2) is 22.1. The third kappa shape index (κ3) is 10.9. The molecule has 0 aliphatic rings. The minimum Gasteiger partial charge on any atom is -0.354 e. The molecule has 2 atom stereocenters. The van der Waals surface area contributed by atoms with Crippen LogP contribution in [0.5, 0.6) is 0 Å². The Morgan fingerprint density at radius 3 is 0.889 bits per heavy atom. The molecule has 0 aromatic heterocycles. The van der Waals surface area contributed by atoms with Crippen LogP contribution >= 0.6 is 17.5 Å². The van der Waals surface area contributed by atoms with E-state index in [1.54, 1.807) is 0 Å². The predicted molar refractivity (Wildman–Crippen MR) is 314 cm³/mol. The first kappa shape index (κ1) is 45.9. The van der Waals surface area contributed by atoms with Crippen molar-refractivity contribution >= 4 is 73.6 Å². The molecule has 0 aliphatic carbocycles. The van der Waals surface area contributed by atoms with Gasteiger partial charge in [-0.05, 0) is 128 Å². The van der Waals surface area contributed by atoms with Crippen molar-refractivity contribution in [3.63, 3.8) is 0 Å². The van der Waals surface area contributed by atoms with E-state index in [0.29, 0.717) is 17.5 Å². The van der Waals surface area contributed by atoms with Gasteiger partial charge in [0.25, 0.3) is 0 Å². The Balaban J connectivity index is 0.932. The maximum atomic E-state index is 3.82. The summed E-state index contributed by atoms with van der Waals surface area (Å²) in [6.45, 7) is 0. The summed E-state index contributed by atoms with van der Waals surface area (Å²) in [6, 6.07) is 104. The number of nitrogens with one attached hydrogen (secondary N) is 2. The largest absolute Gasteiger partial charge is 0.354 e. The van der Waals surface area contributed by atoms with Crippen LogP contribution in [0.1, 0.15) is 0 Å². The zero-order valence-electron chi connectivity index (χ0n) is 39.6. The van der Waals surface area contributed by atoms with Gasteiger partial charge in [-0.1, -0.05) is 218 Å². The second-order valence-corrected chi connectivity index (χ2v) is 20.0. The molecule has 2 unspecified atom stereocenters. The van der Waals surface area contributed by atoms with Gasteiger partial charge in [0.2, 0.25) is 0 Å². The summed E-state index contributed by atoms with van der Waals surface area (Å²) in [5.41, 5.74) is 18.0. The average Bonchev–Trinajstić information content (AvgIpc) is 3.46. The van der Waals surface area contributed by atoms with Gasteiger partial charge in [-0.2, -0.15) is 0 Å². The molecule has 0 fully saturated rings. The molecular weight excluding hydrogens is 911 g/mol. The number of anilines is 8. The monoisotopic (exact) mass is 962 g/mol. The highest BCUT2D eigenvalue weighted by Gasteiger charge is 2.19. The standard InChI is InChI=1S/C66H52N4P2/c1-5-21-49(22-6-1)53-29-17-33-57(45-53)67-63-37-13-15-39-65(63)69(59-35-19-31-55(47-59)51-25-9-3-10-26-51)71-61-41-43-62(44-42-61)72-70(60-36-20-32-56(48-60)52-27-11-4-12-28-52)66-40-16-14-38-64(66)68-58-34-18-30-54(46-58)50-23-7-2-8-24-50/h1-48,67-68,71-72H. The van der Waals surface area contributed by atoms with Crippen LogP contribution < -0.4 is 30.6 Å². The highest BCUT2D eigenvalue weighted by atomic mass is 31.1. The molecule has 0 heterocycles. The Hall–Kier alpha value is -8.52. The fraction of sp³-hybridized carbons (Fsp3) is 0. The Bertz CT molecular complexity index is 3300. The number of rotatable bonds is 16. The smallest absolute Gasteiger partial charge is 0.0684 e. The number of hydrogen-bond acceptors (Lipinski definition) is 4. The molecule has 72 heavy (non-hydrogen) atoms. The molecule has 346 valence electrons. The zero-order chi connectivity index (χ0) is 48.3. The van der Waals surface area contributed by atoms with Crippen LogP contribution in [0.4, 0.5) is 45.5 Å². The van der Waals surface area contributed by atoms with Crippen molar-refractivity contribution in [2.45, 2.75) is 0 Å². The van der Waals surface area contributed by atoms with E-state index in [-0.39, 0.29) is 0 Å². The molecular formula is C66H52N4P2. The van der Waals surface area contributed by atoms with Crippen LogP contribution in [-0.4, -0.2) is 0 Å². The Morgan fingerprint density at radius 2 is 0.528 bits per heavy atom. The van der Waals surface area contributed by atoms with E-state index < -0.39 is 0 Å². The van der Waals surface area contributed by atoms with Crippen molar-refractivity contribution in [2.24, 2.45) is 0 Å². The topological polar surface area (TPSA) is 30.5 Å². The summed E-state index contributed by atoms with van der Waals surface area (Å²) in [7, 11) is 0.600. The van der Waals surface area contributed by atoms with Gasteiger partial charge >= 0.3 is 0 Å². The number of para-hydroxylation sites is 4. The molecule has 0 saturated carbocycles.